The highest BCUT2D eigenvalue weighted by atomic mass is 16.4. The molecule has 5 nitrogen and oxygen atoms in total. The normalized spacial score (nSPS) is 14.3. The molecule has 1 amide bonds. The van der Waals surface area contributed by atoms with E-state index in [0.29, 0.717) is 5.56 Å². The lowest BCUT2D eigenvalue weighted by atomic mass is 9.97. The Hall–Kier alpha value is -1.88. The molecule has 116 valence electrons. The van der Waals surface area contributed by atoms with Crippen LogP contribution < -0.4 is 0 Å². The Labute approximate surface area is 125 Å². The van der Waals surface area contributed by atoms with Gasteiger partial charge in [0.1, 0.15) is 0 Å². The molecule has 2 N–H and O–H groups in total. The summed E-state index contributed by atoms with van der Waals surface area (Å²) in [6.07, 6.45) is -1.03. The third kappa shape index (κ3) is 4.56. The summed E-state index contributed by atoms with van der Waals surface area (Å²) in [5.74, 6) is -2.37. The van der Waals surface area contributed by atoms with Gasteiger partial charge in [-0.15, -0.1) is 0 Å². The van der Waals surface area contributed by atoms with Crippen molar-refractivity contribution in [2.75, 3.05) is 6.54 Å². The number of rotatable bonds is 5. The van der Waals surface area contributed by atoms with Gasteiger partial charge in [-0.05, 0) is 39.8 Å². The number of carbonyl (C=O) groups excluding carboxylic acids is 1. The Morgan fingerprint density at radius 2 is 1.71 bits per heavy atom. The van der Waals surface area contributed by atoms with E-state index in [1.165, 1.54) is 11.8 Å². The molecular weight excluding hydrogens is 270 g/mol. The highest BCUT2D eigenvalue weighted by molar-refractivity contribution is 5.94. The zero-order chi connectivity index (χ0) is 16.2. The molecule has 0 bridgehead atoms. The predicted octanol–water partition coefficient (Wildman–Crippen LogP) is 2.01. The van der Waals surface area contributed by atoms with Gasteiger partial charge in [-0.2, -0.15) is 0 Å². The van der Waals surface area contributed by atoms with Crippen molar-refractivity contribution in [2.45, 2.75) is 39.3 Å². The summed E-state index contributed by atoms with van der Waals surface area (Å²) in [5.41, 5.74) is -0.0441. The third-order valence-corrected chi connectivity index (χ3v) is 3.35. The van der Waals surface area contributed by atoms with Crippen molar-refractivity contribution in [1.29, 1.82) is 0 Å². The standard InChI is InChI=1S/C16H23NO4/c1-11(18)13(15(20)21)10-17(16(2,3)4)14(19)12-8-6-5-7-9-12/h5-9,11,13,18H,10H2,1-4H3,(H,20,21)/t11-,13+/m1/s1. The summed E-state index contributed by atoms with van der Waals surface area (Å²) in [4.78, 5) is 25.4. The molecule has 0 spiro atoms. The van der Waals surface area contributed by atoms with E-state index in [9.17, 15) is 19.8 Å². The smallest absolute Gasteiger partial charge is 0.310 e. The molecule has 0 aliphatic rings. The van der Waals surface area contributed by atoms with Crippen LogP contribution in [-0.4, -0.2) is 45.2 Å². The van der Waals surface area contributed by atoms with E-state index in [1.807, 2.05) is 26.8 Å². The molecule has 1 aromatic rings. The number of aliphatic hydroxyl groups is 1. The van der Waals surface area contributed by atoms with Gasteiger partial charge in [-0.25, -0.2) is 0 Å². The lowest BCUT2D eigenvalue weighted by Gasteiger charge is -2.38. The van der Waals surface area contributed by atoms with Crippen LogP contribution in [0.25, 0.3) is 0 Å². The highest BCUT2D eigenvalue weighted by Crippen LogP contribution is 2.20. The predicted molar refractivity (Wildman–Crippen MR) is 80.0 cm³/mol. The monoisotopic (exact) mass is 293 g/mol. The van der Waals surface area contributed by atoms with E-state index in [2.05, 4.69) is 0 Å². The Bertz CT molecular complexity index is 491. The molecule has 2 atom stereocenters. The SMILES string of the molecule is C[C@@H](O)[C@H](CN(C(=O)c1ccccc1)C(C)(C)C)C(=O)O. The van der Waals surface area contributed by atoms with Crippen molar-refractivity contribution in [3.63, 3.8) is 0 Å². The van der Waals surface area contributed by atoms with Crippen LogP contribution >= 0.6 is 0 Å². The molecule has 5 heteroatoms. The molecule has 0 heterocycles. The van der Waals surface area contributed by atoms with Crippen molar-refractivity contribution < 1.29 is 19.8 Å². The number of aliphatic carboxylic acids is 1. The Balaban J connectivity index is 3.07. The van der Waals surface area contributed by atoms with Gasteiger partial charge in [-0.3, -0.25) is 9.59 Å². The first kappa shape index (κ1) is 17.2. The molecule has 1 aromatic carbocycles. The van der Waals surface area contributed by atoms with Gasteiger partial charge in [0, 0.05) is 17.6 Å². The maximum Gasteiger partial charge on any atom is 0.310 e. The van der Waals surface area contributed by atoms with E-state index in [0.717, 1.165) is 0 Å². The average Bonchev–Trinajstić information content (AvgIpc) is 2.37. The van der Waals surface area contributed by atoms with Crippen LogP contribution in [0.5, 0.6) is 0 Å². The molecule has 21 heavy (non-hydrogen) atoms. The zero-order valence-corrected chi connectivity index (χ0v) is 12.9. The van der Waals surface area contributed by atoms with Crippen LogP contribution in [0.15, 0.2) is 30.3 Å². The first-order valence-electron chi connectivity index (χ1n) is 6.92. The number of nitrogens with zero attached hydrogens (tertiary/aromatic N) is 1. The molecule has 1 rings (SSSR count). The molecule has 0 radical (unpaired) electrons. The molecule has 0 aliphatic heterocycles. The number of amides is 1. The van der Waals surface area contributed by atoms with Crippen LogP contribution in [0.1, 0.15) is 38.1 Å². The number of hydrogen-bond donors (Lipinski definition) is 2. The van der Waals surface area contributed by atoms with E-state index >= 15 is 0 Å². The number of carboxylic acids is 1. The third-order valence-electron chi connectivity index (χ3n) is 3.35. The fraction of sp³-hybridized carbons (Fsp3) is 0.500. The van der Waals surface area contributed by atoms with Crippen LogP contribution in [-0.2, 0) is 4.79 Å². The number of hydrogen-bond acceptors (Lipinski definition) is 3. The van der Waals surface area contributed by atoms with E-state index in [1.54, 1.807) is 24.3 Å². The molecule has 0 unspecified atom stereocenters. The summed E-state index contributed by atoms with van der Waals surface area (Å²) < 4.78 is 0. The second kappa shape index (κ2) is 6.72. The van der Waals surface area contributed by atoms with Crippen LogP contribution in [0.2, 0.25) is 0 Å². The Morgan fingerprint density at radius 3 is 2.10 bits per heavy atom. The number of carboxylic acid groups (broad SMARTS) is 1. The molecule has 0 fully saturated rings. The van der Waals surface area contributed by atoms with Gasteiger partial charge >= 0.3 is 5.97 Å². The molecule has 0 aliphatic carbocycles. The van der Waals surface area contributed by atoms with Gasteiger partial charge in [0.2, 0.25) is 0 Å². The first-order chi connectivity index (χ1) is 9.64. The maximum atomic E-state index is 12.6. The minimum atomic E-state index is -1.11. The Kier molecular flexibility index (Phi) is 5.49. The molecular formula is C16H23NO4. The van der Waals surface area contributed by atoms with E-state index in [4.69, 9.17) is 0 Å². The lowest BCUT2D eigenvalue weighted by molar-refractivity contribution is -0.146. The summed E-state index contributed by atoms with van der Waals surface area (Å²) in [6, 6.07) is 8.72. The zero-order valence-electron chi connectivity index (χ0n) is 12.9. The first-order valence-corrected chi connectivity index (χ1v) is 6.92. The summed E-state index contributed by atoms with van der Waals surface area (Å²) in [7, 11) is 0. The summed E-state index contributed by atoms with van der Waals surface area (Å²) in [5, 5.41) is 18.8. The molecule has 0 saturated carbocycles. The van der Waals surface area contributed by atoms with Crippen LogP contribution in [0.3, 0.4) is 0 Å². The van der Waals surface area contributed by atoms with Gasteiger partial charge in [0.05, 0.1) is 12.0 Å². The summed E-state index contributed by atoms with van der Waals surface area (Å²) >= 11 is 0. The minimum Gasteiger partial charge on any atom is -0.481 e. The number of benzene rings is 1. The minimum absolute atomic E-state index is 0.0375. The van der Waals surface area contributed by atoms with Crippen molar-refractivity contribution in [3.05, 3.63) is 35.9 Å². The highest BCUT2D eigenvalue weighted by Gasteiger charge is 2.34. The van der Waals surface area contributed by atoms with Crippen molar-refractivity contribution in [1.82, 2.24) is 4.90 Å². The van der Waals surface area contributed by atoms with Gasteiger partial charge in [0.15, 0.2) is 0 Å². The van der Waals surface area contributed by atoms with E-state index < -0.39 is 23.5 Å². The second-order valence-electron chi connectivity index (χ2n) is 6.14. The topological polar surface area (TPSA) is 77.8 Å². The van der Waals surface area contributed by atoms with Crippen LogP contribution in [0, 0.1) is 5.92 Å². The lowest BCUT2D eigenvalue weighted by Crippen LogP contribution is -2.50. The molecule has 0 aromatic heterocycles. The van der Waals surface area contributed by atoms with Gasteiger partial charge in [-0.1, -0.05) is 18.2 Å². The fourth-order valence-corrected chi connectivity index (χ4v) is 2.03. The second-order valence-corrected chi connectivity index (χ2v) is 6.14. The van der Waals surface area contributed by atoms with E-state index in [-0.39, 0.29) is 12.5 Å². The number of aliphatic hydroxyl groups excluding tert-OH is 1. The van der Waals surface area contributed by atoms with Crippen LogP contribution in [0.4, 0.5) is 0 Å². The van der Waals surface area contributed by atoms with Crippen molar-refractivity contribution in [2.24, 2.45) is 5.92 Å². The van der Waals surface area contributed by atoms with Crippen molar-refractivity contribution >= 4 is 11.9 Å². The Morgan fingerprint density at radius 1 is 1.19 bits per heavy atom. The largest absolute Gasteiger partial charge is 0.481 e. The van der Waals surface area contributed by atoms with Gasteiger partial charge in [0.25, 0.3) is 5.91 Å². The number of carbonyl (C=O) groups is 2. The van der Waals surface area contributed by atoms with Gasteiger partial charge < -0.3 is 15.1 Å². The fourth-order valence-electron chi connectivity index (χ4n) is 2.03. The quantitative estimate of drug-likeness (QED) is 0.870. The van der Waals surface area contributed by atoms with Crippen molar-refractivity contribution in [3.8, 4) is 0 Å². The summed E-state index contributed by atoms with van der Waals surface area (Å²) in [6.45, 7) is 6.91. The maximum absolute atomic E-state index is 12.6. The molecule has 0 saturated heterocycles. The average molecular weight is 293 g/mol.